The fourth-order valence-electron chi connectivity index (χ4n) is 3.02. The van der Waals surface area contributed by atoms with Crippen LogP contribution in [0.15, 0.2) is 5.16 Å². The van der Waals surface area contributed by atoms with Gasteiger partial charge in [-0.15, -0.1) is 0 Å². The zero-order valence-corrected chi connectivity index (χ0v) is 14.0. The lowest BCUT2D eigenvalue weighted by Crippen LogP contribution is -2.51. The SMILES string of the molecule is CCCC(CCC)(C(=O)NCC1CCCCS1)C(N)=NO. The van der Waals surface area contributed by atoms with Gasteiger partial charge in [0.05, 0.1) is 0 Å². The van der Waals surface area contributed by atoms with Crippen LogP contribution in [-0.4, -0.2) is 34.5 Å². The molecule has 6 heteroatoms. The van der Waals surface area contributed by atoms with Gasteiger partial charge >= 0.3 is 0 Å². The third-order valence-corrected chi connectivity index (χ3v) is 5.55. The summed E-state index contributed by atoms with van der Waals surface area (Å²) in [4.78, 5) is 12.7. The van der Waals surface area contributed by atoms with Gasteiger partial charge in [-0.05, 0) is 31.4 Å². The Labute approximate surface area is 132 Å². The smallest absolute Gasteiger partial charge is 0.233 e. The first-order valence-corrected chi connectivity index (χ1v) is 9.03. The van der Waals surface area contributed by atoms with E-state index in [-0.39, 0.29) is 11.7 Å². The highest BCUT2D eigenvalue weighted by molar-refractivity contribution is 7.99. The lowest BCUT2D eigenvalue weighted by atomic mass is 9.77. The molecule has 1 saturated heterocycles. The first-order chi connectivity index (χ1) is 10.1. The summed E-state index contributed by atoms with van der Waals surface area (Å²) in [6, 6.07) is 0. The number of hydrogen-bond acceptors (Lipinski definition) is 4. The number of hydrogen-bond donors (Lipinski definition) is 3. The topological polar surface area (TPSA) is 87.7 Å². The van der Waals surface area contributed by atoms with E-state index in [0.717, 1.165) is 19.3 Å². The van der Waals surface area contributed by atoms with Gasteiger partial charge in [-0.2, -0.15) is 11.8 Å². The van der Waals surface area contributed by atoms with Crippen LogP contribution in [-0.2, 0) is 4.79 Å². The molecule has 5 nitrogen and oxygen atoms in total. The van der Waals surface area contributed by atoms with Crippen molar-refractivity contribution in [2.75, 3.05) is 12.3 Å². The van der Waals surface area contributed by atoms with Gasteiger partial charge in [-0.3, -0.25) is 4.79 Å². The Morgan fingerprint density at radius 3 is 2.52 bits per heavy atom. The molecule has 0 aromatic carbocycles. The van der Waals surface area contributed by atoms with Crippen molar-refractivity contribution in [3.63, 3.8) is 0 Å². The molecule has 0 aromatic heterocycles. The van der Waals surface area contributed by atoms with Gasteiger partial charge in [-0.1, -0.05) is 38.3 Å². The molecular formula is C15H29N3O2S. The van der Waals surface area contributed by atoms with Gasteiger partial charge in [0.25, 0.3) is 0 Å². The van der Waals surface area contributed by atoms with Crippen LogP contribution in [0.3, 0.4) is 0 Å². The summed E-state index contributed by atoms with van der Waals surface area (Å²) in [7, 11) is 0. The highest BCUT2D eigenvalue weighted by atomic mass is 32.2. The highest BCUT2D eigenvalue weighted by Gasteiger charge is 2.41. The largest absolute Gasteiger partial charge is 0.409 e. The summed E-state index contributed by atoms with van der Waals surface area (Å²) in [5.41, 5.74) is 5.00. The molecule has 0 radical (unpaired) electrons. The molecule has 4 N–H and O–H groups in total. The van der Waals surface area contributed by atoms with Crippen LogP contribution in [0.2, 0.25) is 0 Å². The molecule has 1 heterocycles. The minimum atomic E-state index is -0.864. The average Bonchev–Trinajstić information content (AvgIpc) is 2.52. The van der Waals surface area contributed by atoms with Crippen LogP contribution < -0.4 is 11.1 Å². The van der Waals surface area contributed by atoms with Gasteiger partial charge in [-0.25, -0.2) is 0 Å². The van der Waals surface area contributed by atoms with Crippen LogP contribution in [0.5, 0.6) is 0 Å². The van der Waals surface area contributed by atoms with Crippen LogP contribution >= 0.6 is 11.8 Å². The van der Waals surface area contributed by atoms with Crippen molar-refractivity contribution in [1.29, 1.82) is 0 Å². The Morgan fingerprint density at radius 2 is 2.05 bits per heavy atom. The number of nitrogens with zero attached hydrogens (tertiary/aromatic N) is 1. The van der Waals surface area contributed by atoms with E-state index in [2.05, 4.69) is 10.5 Å². The molecular weight excluding hydrogens is 286 g/mol. The van der Waals surface area contributed by atoms with Crippen LogP contribution in [0, 0.1) is 5.41 Å². The van der Waals surface area contributed by atoms with Crippen LogP contribution in [0.4, 0.5) is 0 Å². The standard InChI is InChI=1S/C15H29N3O2S/c1-3-8-15(9-4-2,13(16)18-20)14(19)17-11-12-7-5-6-10-21-12/h12,20H,3-11H2,1-2H3,(H2,16,18)(H,17,19). The van der Waals surface area contributed by atoms with E-state index in [1.807, 2.05) is 25.6 Å². The zero-order valence-electron chi connectivity index (χ0n) is 13.2. The molecule has 0 bridgehead atoms. The number of nitrogens with two attached hydrogens (primary N) is 1. The van der Waals surface area contributed by atoms with Gasteiger partial charge < -0.3 is 16.3 Å². The minimum absolute atomic E-state index is 0.0417. The molecule has 21 heavy (non-hydrogen) atoms. The molecule has 1 atom stereocenters. The molecule has 1 amide bonds. The molecule has 0 saturated carbocycles. The monoisotopic (exact) mass is 315 g/mol. The van der Waals surface area contributed by atoms with Crippen molar-refractivity contribution in [3.05, 3.63) is 0 Å². The first-order valence-electron chi connectivity index (χ1n) is 7.98. The number of nitrogens with one attached hydrogen (secondary N) is 1. The number of rotatable bonds is 8. The zero-order chi connectivity index (χ0) is 15.7. The average molecular weight is 315 g/mol. The fourth-order valence-corrected chi connectivity index (χ4v) is 4.26. The summed E-state index contributed by atoms with van der Waals surface area (Å²) in [5, 5.41) is 15.8. The van der Waals surface area contributed by atoms with E-state index < -0.39 is 5.41 Å². The Hall–Kier alpha value is -0.910. The molecule has 1 fully saturated rings. The van der Waals surface area contributed by atoms with Crippen molar-refractivity contribution in [2.24, 2.45) is 16.3 Å². The van der Waals surface area contributed by atoms with E-state index >= 15 is 0 Å². The van der Waals surface area contributed by atoms with E-state index in [1.165, 1.54) is 18.6 Å². The maximum Gasteiger partial charge on any atom is 0.233 e. The lowest BCUT2D eigenvalue weighted by Gasteiger charge is -2.32. The minimum Gasteiger partial charge on any atom is -0.409 e. The van der Waals surface area contributed by atoms with Crippen molar-refractivity contribution in [3.8, 4) is 0 Å². The molecule has 0 aliphatic carbocycles. The summed E-state index contributed by atoms with van der Waals surface area (Å²) < 4.78 is 0. The molecule has 1 unspecified atom stereocenters. The quantitative estimate of drug-likeness (QED) is 0.278. The summed E-state index contributed by atoms with van der Waals surface area (Å²) in [6.45, 7) is 4.70. The Balaban J connectivity index is 2.73. The maximum absolute atomic E-state index is 12.7. The highest BCUT2D eigenvalue weighted by Crippen LogP contribution is 2.31. The van der Waals surface area contributed by atoms with Gasteiger partial charge in [0.2, 0.25) is 5.91 Å². The van der Waals surface area contributed by atoms with Crippen molar-refractivity contribution in [2.45, 2.75) is 64.0 Å². The van der Waals surface area contributed by atoms with Crippen molar-refractivity contribution < 1.29 is 10.0 Å². The molecule has 0 aromatic rings. The van der Waals surface area contributed by atoms with Gasteiger partial charge in [0, 0.05) is 11.8 Å². The van der Waals surface area contributed by atoms with E-state index in [0.29, 0.717) is 24.6 Å². The predicted molar refractivity (Wildman–Crippen MR) is 88.8 cm³/mol. The molecule has 1 rings (SSSR count). The second-order valence-electron chi connectivity index (χ2n) is 5.77. The lowest BCUT2D eigenvalue weighted by molar-refractivity contribution is -0.128. The summed E-state index contributed by atoms with van der Waals surface area (Å²) in [6.07, 6.45) is 6.53. The third-order valence-electron chi connectivity index (χ3n) is 4.15. The molecule has 0 spiro atoms. The molecule has 1 aliphatic heterocycles. The number of thioether (sulfide) groups is 1. The fraction of sp³-hybridized carbons (Fsp3) is 0.867. The predicted octanol–water partition coefficient (Wildman–Crippen LogP) is 2.72. The van der Waals surface area contributed by atoms with E-state index in [9.17, 15) is 4.79 Å². The van der Waals surface area contributed by atoms with Crippen LogP contribution in [0.1, 0.15) is 58.8 Å². The third kappa shape index (κ3) is 4.80. The Morgan fingerprint density at radius 1 is 1.38 bits per heavy atom. The number of amidine groups is 1. The Bertz CT molecular complexity index is 349. The van der Waals surface area contributed by atoms with E-state index in [4.69, 9.17) is 10.9 Å². The second-order valence-corrected chi connectivity index (χ2v) is 7.17. The number of amides is 1. The molecule has 122 valence electrons. The number of carbonyl (C=O) groups excluding carboxylic acids is 1. The molecule has 1 aliphatic rings. The second kappa shape index (κ2) is 9.18. The first kappa shape index (κ1) is 18.1. The summed E-state index contributed by atoms with van der Waals surface area (Å²) in [5.74, 6) is 1.13. The summed E-state index contributed by atoms with van der Waals surface area (Å²) >= 11 is 1.93. The maximum atomic E-state index is 12.7. The van der Waals surface area contributed by atoms with Crippen molar-refractivity contribution in [1.82, 2.24) is 5.32 Å². The number of oxime groups is 1. The Kier molecular flexibility index (Phi) is 7.93. The van der Waals surface area contributed by atoms with Gasteiger partial charge in [0.1, 0.15) is 5.41 Å². The number of carbonyl (C=O) groups is 1. The van der Waals surface area contributed by atoms with Crippen LogP contribution in [0.25, 0.3) is 0 Å². The van der Waals surface area contributed by atoms with Gasteiger partial charge in [0.15, 0.2) is 5.84 Å². The van der Waals surface area contributed by atoms with E-state index in [1.54, 1.807) is 0 Å². The van der Waals surface area contributed by atoms with Crippen molar-refractivity contribution >= 4 is 23.5 Å². The normalized spacial score (nSPS) is 20.3.